The van der Waals surface area contributed by atoms with Gasteiger partial charge in [0, 0.05) is 32.7 Å². The van der Waals surface area contributed by atoms with E-state index in [0.717, 1.165) is 11.2 Å². The topological polar surface area (TPSA) is 67.2 Å². The van der Waals surface area contributed by atoms with Crippen molar-refractivity contribution in [3.8, 4) is 0 Å². The standard InChI is InChI=1S/C12H17F3N4O2S/c1-18-11(10(4-16-18)12(13,14)15)22(20,21)17-9-6-19(7-9)5-8-2-3-8/h4,8-9,17H,2-3,5-7H2,1H3. The Kier molecular flexibility index (Phi) is 3.73. The molecule has 0 aromatic carbocycles. The van der Waals surface area contributed by atoms with Crippen LogP contribution in [-0.2, 0) is 23.2 Å². The second-order valence-electron chi connectivity index (χ2n) is 5.96. The van der Waals surface area contributed by atoms with Gasteiger partial charge in [0.1, 0.15) is 5.56 Å². The minimum atomic E-state index is -4.75. The van der Waals surface area contributed by atoms with Gasteiger partial charge >= 0.3 is 6.18 Å². The Bertz CT molecular complexity index is 660. The van der Waals surface area contributed by atoms with Crippen LogP contribution in [0.25, 0.3) is 0 Å². The Labute approximate surface area is 126 Å². The number of likely N-dealkylation sites (tertiary alicyclic amines) is 1. The van der Waals surface area contributed by atoms with Gasteiger partial charge in [-0.25, -0.2) is 13.1 Å². The summed E-state index contributed by atoms with van der Waals surface area (Å²) in [6.07, 6.45) is -1.81. The van der Waals surface area contributed by atoms with E-state index in [1.165, 1.54) is 19.9 Å². The summed E-state index contributed by atoms with van der Waals surface area (Å²) in [4.78, 5) is 2.11. The van der Waals surface area contributed by atoms with Gasteiger partial charge in [-0.1, -0.05) is 0 Å². The van der Waals surface area contributed by atoms with Gasteiger partial charge < -0.3 is 0 Å². The molecule has 0 atom stereocenters. The minimum absolute atomic E-state index is 0.347. The van der Waals surface area contributed by atoms with Crippen LogP contribution in [-0.4, -0.2) is 48.8 Å². The van der Waals surface area contributed by atoms with Crippen molar-refractivity contribution in [1.82, 2.24) is 19.4 Å². The highest BCUT2D eigenvalue weighted by Crippen LogP contribution is 2.34. The lowest BCUT2D eigenvalue weighted by Crippen LogP contribution is -2.59. The van der Waals surface area contributed by atoms with Gasteiger partial charge in [0.2, 0.25) is 0 Å². The molecule has 0 amide bonds. The van der Waals surface area contributed by atoms with E-state index in [1.807, 2.05) is 0 Å². The largest absolute Gasteiger partial charge is 0.420 e. The lowest BCUT2D eigenvalue weighted by molar-refractivity contribution is -0.140. The SMILES string of the molecule is Cn1ncc(C(F)(F)F)c1S(=O)(=O)NC1CN(CC2CC2)C1. The second kappa shape index (κ2) is 5.20. The molecule has 124 valence electrons. The predicted molar refractivity (Wildman–Crippen MR) is 71.5 cm³/mol. The molecule has 0 radical (unpaired) electrons. The minimum Gasteiger partial charge on any atom is -0.300 e. The van der Waals surface area contributed by atoms with Crippen LogP contribution in [0.1, 0.15) is 18.4 Å². The lowest BCUT2D eigenvalue weighted by Gasteiger charge is -2.39. The van der Waals surface area contributed by atoms with E-state index >= 15 is 0 Å². The highest BCUT2D eigenvalue weighted by molar-refractivity contribution is 7.89. The van der Waals surface area contributed by atoms with Gasteiger partial charge in [0.05, 0.1) is 6.20 Å². The van der Waals surface area contributed by atoms with E-state index in [9.17, 15) is 21.6 Å². The quantitative estimate of drug-likeness (QED) is 0.863. The van der Waals surface area contributed by atoms with Crippen LogP contribution in [0, 0.1) is 5.92 Å². The molecule has 1 N–H and O–H groups in total. The van der Waals surface area contributed by atoms with E-state index < -0.39 is 26.8 Å². The van der Waals surface area contributed by atoms with Crippen LogP contribution in [0.3, 0.4) is 0 Å². The van der Waals surface area contributed by atoms with Gasteiger partial charge in [-0.2, -0.15) is 18.3 Å². The first kappa shape index (κ1) is 15.8. The van der Waals surface area contributed by atoms with Crippen LogP contribution in [0.4, 0.5) is 13.2 Å². The highest BCUT2D eigenvalue weighted by atomic mass is 32.2. The Hall–Kier alpha value is -1.13. The van der Waals surface area contributed by atoms with E-state index in [0.29, 0.717) is 25.2 Å². The number of hydrogen-bond donors (Lipinski definition) is 1. The van der Waals surface area contributed by atoms with Gasteiger partial charge in [0.15, 0.2) is 5.03 Å². The summed E-state index contributed by atoms with van der Waals surface area (Å²) >= 11 is 0. The number of nitrogens with one attached hydrogen (secondary N) is 1. The molecule has 3 rings (SSSR count). The fourth-order valence-electron chi connectivity index (χ4n) is 2.67. The number of aryl methyl sites for hydroxylation is 1. The summed E-state index contributed by atoms with van der Waals surface area (Å²) in [6.45, 7) is 2.02. The molecule has 22 heavy (non-hydrogen) atoms. The highest BCUT2D eigenvalue weighted by Gasteiger charge is 2.42. The monoisotopic (exact) mass is 338 g/mol. The third kappa shape index (κ3) is 3.13. The van der Waals surface area contributed by atoms with E-state index in [-0.39, 0.29) is 6.04 Å². The van der Waals surface area contributed by atoms with Crippen LogP contribution < -0.4 is 4.72 Å². The third-order valence-electron chi connectivity index (χ3n) is 3.94. The number of hydrogen-bond acceptors (Lipinski definition) is 4. The summed E-state index contributed by atoms with van der Waals surface area (Å²) in [5.41, 5.74) is -1.24. The first-order chi connectivity index (χ1) is 10.2. The Balaban J connectivity index is 1.70. The van der Waals surface area contributed by atoms with Crippen LogP contribution in [0.5, 0.6) is 0 Å². The zero-order valence-corrected chi connectivity index (χ0v) is 12.8. The summed E-state index contributed by atoms with van der Waals surface area (Å²) in [5, 5.41) is 2.60. The normalized spacial score (nSPS) is 21.1. The molecule has 0 bridgehead atoms. The maximum Gasteiger partial charge on any atom is 0.420 e. The van der Waals surface area contributed by atoms with Crippen molar-refractivity contribution >= 4 is 10.0 Å². The predicted octanol–water partition coefficient (Wildman–Crippen LogP) is 0.811. The molecule has 1 aliphatic heterocycles. The van der Waals surface area contributed by atoms with Crippen molar-refractivity contribution in [3.63, 3.8) is 0 Å². The number of halogens is 3. The number of sulfonamides is 1. The van der Waals surface area contributed by atoms with Crippen LogP contribution >= 0.6 is 0 Å². The average Bonchev–Trinajstić information content (AvgIpc) is 3.05. The molecular weight excluding hydrogens is 321 g/mol. The van der Waals surface area contributed by atoms with E-state index in [2.05, 4.69) is 14.7 Å². The molecule has 2 fully saturated rings. The summed E-state index contributed by atoms with van der Waals surface area (Å²) < 4.78 is 66.2. The molecule has 10 heteroatoms. The molecule has 2 heterocycles. The maximum absolute atomic E-state index is 12.9. The van der Waals surface area contributed by atoms with Crippen molar-refractivity contribution in [2.24, 2.45) is 13.0 Å². The molecule has 0 spiro atoms. The molecule has 6 nitrogen and oxygen atoms in total. The molecule has 1 aliphatic carbocycles. The molecule has 1 aromatic heterocycles. The fourth-order valence-corrected chi connectivity index (χ4v) is 4.23. The number of alkyl halides is 3. The Morgan fingerprint density at radius 1 is 1.36 bits per heavy atom. The van der Waals surface area contributed by atoms with Gasteiger partial charge in [-0.3, -0.25) is 9.58 Å². The zero-order valence-electron chi connectivity index (χ0n) is 12.0. The molecule has 1 aromatic rings. The summed E-state index contributed by atoms with van der Waals surface area (Å²) in [5.74, 6) is 0.700. The average molecular weight is 338 g/mol. The van der Waals surface area contributed by atoms with Crippen molar-refractivity contribution in [2.45, 2.75) is 30.1 Å². The van der Waals surface area contributed by atoms with Crippen LogP contribution in [0.2, 0.25) is 0 Å². The lowest BCUT2D eigenvalue weighted by atomic mass is 10.1. The molecular formula is C12H17F3N4O2S. The van der Waals surface area contributed by atoms with E-state index in [1.54, 1.807) is 0 Å². The zero-order chi connectivity index (χ0) is 16.1. The maximum atomic E-state index is 12.9. The number of rotatable bonds is 5. The fraction of sp³-hybridized carbons (Fsp3) is 0.750. The van der Waals surface area contributed by atoms with Crippen LogP contribution in [0.15, 0.2) is 11.2 Å². The summed E-state index contributed by atoms with van der Waals surface area (Å²) in [6, 6.07) is -0.347. The van der Waals surface area contributed by atoms with Crippen molar-refractivity contribution in [2.75, 3.05) is 19.6 Å². The molecule has 2 aliphatic rings. The Morgan fingerprint density at radius 3 is 2.55 bits per heavy atom. The van der Waals surface area contributed by atoms with Gasteiger partial charge in [-0.05, 0) is 18.8 Å². The smallest absolute Gasteiger partial charge is 0.300 e. The van der Waals surface area contributed by atoms with Crippen molar-refractivity contribution in [3.05, 3.63) is 11.8 Å². The van der Waals surface area contributed by atoms with Gasteiger partial charge in [0.25, 0.3) is 10.0 Å². The second-order valence-corrected chi connectivity index (χ2v) is 7.59. The third-order valence-corrected chi connectivity index (χ3v) is 5.57. The molecule has 1 saturated heterocycles. The first-order valence-electron chi connectivity index (χ1n) is 7.00. The van der Waals surface area contributed by atoms with Crippen molar-refractivity contribution in [1.29, 1.82) is 0 Å². The number of aromatic nitrogens is 2. The van der Waals surface area contributed by atoms with E-state index in [4.69, 9.17) is 0 Å². The number of nitrogens with zero attached hydrogens (tertiary/aromatic N) is 3. The van der Waals surface area contributed by atoms with Gasteiger partial charge in [-0.15, -0.1) is 0 Å². The summed E-state index contributed by atoms with van der Waals surface area (Å²) in [7, 11) is -3.07. The van der Waals surface area contributed by atoms with Crippen molar-refractivity contribution < 1.29 is 21.6 Å². The molecule has 0 unspecified atom stereocenters. The molecule has 1 saturated carbocycles. The Morgan fingerprint density at radius 2 is 2.00 bits per heavy atom. The first-order valence-corrected chi connectivity index (χ1v) is 8.49.